The van der Waals surface area contributed by atoms with Crippen LogP contribution in [0.5, 0.6) is 0 Å². The summed E-state index contributed by atoms with van der Waals surface area (Å²) in [6.07, 6.45) is 7.11. The molecule has 2 aromatic heterocycles. The van der Waals surface area contributed by atoms with Gasteiger partial charge in [-0.05, 0) is 56.0 Å². The first-order valence-corrected chi connectivity index (χ1v) is 10.3. The van der Waals surface area contributed by atoms with Gasteiger partial charge in [0.05, 0.1) is 18.0 Å². The fraction of sp³-hybridized carbons (Fsp3) is 0.304. The van der Waals surface area contributed by atoms with Crippen LogP contribution < -0.4 is 16.3 Å². The minimum Gasteiger partial charge on any atom is -0.372 e. The molecular weight excluding hydrogens is 376 g/mol. The van der Waals surface area contributed by atoms with Crippen LogP contribution in [0.3, 0.4) is 0 Å². The summed E-state index contributed by atoms with van der Waals surface area (Å²) >= 11 is 0. The van der Waals surface area contributed by atoms with Gasteiger partial charge in [0, 0.05) is 31.0 Å². The second kappa shape index (κ2) is 8.90. The van der Waals surface area contributed by atoms with Crippen LogP contribution >= 0.6 is 0 Å². The number of benzene rings is 1. The predicted octanol–water partition coefficient (Wildman–Crippen LogP) is 3.18. The van der Waals surface area contributed by atoms with E-state index in [2.05, 4.69) is 44.2 Å². The van der Waals surface area contributed by atoms with Crippen LogP contribution in [-0.4, -0.2) is 34.4 Å². The Morgan fingerprint density at radius 2 is 1.90 bits per heavy atom. The Morgan fingerprint density at radius 3 is 2.63 bits per heavy atom. The van der Waals surface area contributed by atoms with Gasteiger partial charge in [0.2, 0.25) is 0 Å². The average molecular weight is 403 g/mol. The van der Waals surface area contributed by atoms with E-state index in [1.165, 1.54) is 35.4 Å². The van der Waals surface area contributed by atoms with Crippen molar-refractivity contribution in [2.45, 2.75) is 32.2 Å². The van der Waals surface area contributed by atoms with E-state index in [4.69, 9.17) is 5.84 Å². The Balaban J connectivity index is 1.51. The van der Waals surface area contributed by atoms with Crippen molar-refractivity contribution in [1.82, 2.24) is 9.38 Å². The summed E-state index contributed by atoms with van der Waals surface area (Å²) in [5, 5.41) is 3.80. The number of hydrazone groups is 1. The molecule has 1 fully saturated rings. The van der Waals surface area contributed by atoms with Crippen LogP contribution in [0.1, 0.15) is 43.5 Å². The van der Waals surface area contributed by atoms with E-state index in [0.717, 1.165) is 18.7 Å². The van der Waals surface area contributed by atoms with E-state index >= 15 is 0 Å². The summed E-state index contributed by atoms with van der Waals surface area (Å²) in [6.45, 7) is 4.27. The van der Waals surface area contributed by atoms with Gasteiger partial charge in [0.25, 0.3) is 5.56 Å². The van der Waals surface area contributed by atoms with Crippen LogP contribution in [0, 0.1) is 0 Å². The molecule has 2 N–H and O–H groups in total. The molecular formula is C23H26N6O. The Bertz CT molecular complexity index is 1130. The number of hydrogen-bond acceptors (Lipinski definition) is 6. The number of pyridine rings is 1. The van der Waals surface area contributed by atoms with Crippen LogP contribution in [0.4, 0.5) is 5.69 Å². The first-order valence-electron chi connectivity index (χ1n) is 10.3. The molecule has 1 unspecified atom stereocenters. The molecule has 0 aliphatic carbocycles. The monoisotopic (exact) mass is 402 g/mol. The third-order valence-corrected chi connectivity index (χ3v) is 5.49. The number of aliphatic imine (C=N–C) groups is 1. The third kappa shape index (κ3) is 4.25. The predicted molar refractivity (Wildman–Crippen MR) is 122 cm³/mol. The minimum absolute atomic E-state index is 0.0706. The van der Waals surface area contributed by atoms with E-state index in [0.29, 0.717) is 17.1 Å². The summed E-state index contributed by atoms with van der Waals surface area (Å²) in [5.41, 5.74) is 3.50. The number of nitrogens with two attached hydrogens (primary N) is 1. The van der Waals surface area contributed by atoms with Crippen LogP contribution in [0.25, 0.3) is 5.65 Å². The van der Waals surface area contributed by atoms with Gasteiger partial charge in [-0.1, -0.05) is 18.2 Å². The number of nitrogens with zero attached hydrogens (tertiary/aromatic N) is 5. The summed E-state index contributed by atoms with van der Waals surface area (Å²) in [4.78, 5) is 23.8. The Hall–Kier alpha value is -3.48. The standard InChI is InChI=1S/C23H26N6O/c1-17(18-8-10-19(11-9-18)28-12-4-2-5-13-28)25-16-21(27-24)20-15-23(30)29-14-6-3-7-22(29)26-20/h3,6-11,14-17H,2,4-5,12-13,24H2,1H3/b25-16?,27-21+. The highest BCUT2D eigenvalue weighted by molar-refractivity contribution is 6.37. The lowest BCUT2D eigenvalue weighted by Crippen LogP contribution is -2.29. The minimum atomic E-state index is -0.188. The molecule has 0 saturated carbocycles. The highest BCUT2D eigenvalue weighted by Gasteiger charge is 2.12. The summed E-state index contributed by atoms with van der Waals surface area (Å²) in [6, 6.07) is 15.3. The quantitative estimate of drug-likeness (QED) is 0.403. The number of anilines is 1. The summed E-state index contributed by atoms with van der Waals surface area (Å²) in [7, 11) is 0. The second-order valence-electron chi connectivity index (χ2n) is 7.52. The van der Waals surface area contributed by atoms with Gasteiger partial charge in [-0.3, -0.25) is 14.2 Å². The summed E-state index contributed by atoms with van der Waals surface area (Å²) < 4.78 is 1.47. The maximum atomic E-state index is 12.3. The van der Waals surface area contributed by atoms with Gasteiger partial charge in [0.1, 0.15) is 11.4 Å². The molecule has 0 amide bonds. The molecule has 1 aromatic carbocycles. The highest BCUT2D eigenvalue weighted by Crippen LogP contribution is 2.23. The molecule has 3 heterocycles. The van der Waals surface area contributed by atoms with Crippen molar-refractivity contribution in [3.05, 3.63) is 76.3 Å². The zero-order valence-corrected chi connectivity index (χ0v) is 17.1. The number of fused-ring (bicyclic) bond motifs is 1. The lowest BCUT2D eigenvalue weighted by molar-refractivity contribution is 0.578. The molecule has 4 rings (SSSR count). The molecule has 0 radical (unpaired) electrons. The SMILES string of the molecule is CC(N=C/C(=N\N)c1cc(=O)n2ccccc2n1)c1ccc(N2CCCCC2)cc1. The lowest BCUT2D eigenvalue weighted by Gasteiger charge is -2.29. The number of aromatic nitrogens is 2. The van der Waals surface area contributed by atoms with E-state index in [-0.39, 0.29) is 11.6 Å². The fourth-order valence-electron chi connectivity index (χ4n) is 3.73. The Labute approximate surface area is 175 Å². The summed E-state index contributed by atoms with van der Waals surface area (Å²) in [5.74, 6) is 5.57. The maximum absolute atomic E-state index is 12.3. The van der Waals surface area contributed by atoms with E-state index < -0.39 is 0 Å². The number of piperidine rings is 1. The van der Waals surface area contributed by atoms with Gasteiger partial charge >= 0.3 is 0 Å². The van der Waals surface area contributed by atoms with Gasteiger partial charge in [-0.2, -0.15) is 5.10 Å². The van der Waals surface area contributed by atoms with Gasteiger partial charge in [0.15, 0.2) is 0 Å². The van der Waals surface area contributed by atoms with E-state index in [1.807, 2.05) is 13.0 Å². The van der Waals surface area contributed by atoms with Crippen LogP contribution in [0.2, 0.25) is 0 Å². The van der Waals surface area contributed by atoms with Gasteiger partial charge < -0.3 is 10.7 Å². The smallest absolute Gasteiger partial charge is 0.258 e. The normalized spacial score (nSPS) is 16.3. The van der Waals surface area contributed by atoms with Crippen LogP contribution in [-0.2, 0) is 0 Å². The molecule has 1 saturated heterocycles. The first-order chi connectivity index (χ1) is 14.7. The maximum Gasteiger partial charge on any atom is 0.258 e. The molecule has 1 aliphatic rings. The Morgan fingerprint density at radius 1 is 1.13 bits per heavy atom. The van der Waals surface area contributed by atoms with E-state index in [1.54, 1.807) is 24.5 Å². The molecule has 154 valence electrons. The second-order valence-corrected chi connectivity index (χ2v) is 7.52. The largest absolute Gasteiger partial charge is 0.372 e. The third-order valence-electron chi connectivity index (χ3n) is 5.49. The van der Waals surface area contributed by atoms with Crippen molar-refractivity contribution in [1.29, 1.82) is 0 Å². The fourth-order valence-corrected chi connectivity index (χ4v) is 3.73. The van der Waals surface area contributed by atoms with Crippen molar-refractivity contribution in [3.8, 4) is 0 Å². The molecule has 30 heavy (non-hydrogen) atoms. The molecule has 1 atom stereocenters. The highest BCUT2D eigenvalue weighted by atomic mass is 16.1. The van der Waals surface area contributed by atoms with Gasteiger partial charge in [-0.15, -0.1) is 0 Å². The molecule has 0 spiro atoms. The van der Waals surface area contributed by atoms with Crippen molar-refractivity contribution in [2.24, 2.45) is 15.9 Å². The Kier molecular flexibility index (Phi) is 5.88. The molecule has 0 bridgehead atoms. The average Bonchev–Trinajstić information content (AvgIpc) is 2.80. The topological polar surface area (TPSA) is 88.3 Å². The molecule has 7 heteroatoms. The molecule has 3 aromatic rings. The number of rotatable bonds is 5. The van der Waals surface area contributed by atoms with Crippen molar-refractivity contribution in [2.75, 3.05) is 18.0 Å². The molecule has 7 nitrogen and oxygen atoms in total. The van der Waals surface area contributed by atoms with Crippen molar-refractivity contribution >= 4 is 23.3 Å². The van der Waals surface area contributed by atoms with Crippen molar-refractivity contribution < 1.29 is 0 Å². The first kappa shape index (κ1) is 19.8. The van der Waals surface area contributed by atoms with Crippen LogP contribution in [0.15, 0.2) is 69.6 Å². The zero-order valence-electron chi connectivity index (χ0n) is 17.1. The number of hydrogen-bond donors (Lipinski definition) is 1. The van der Waals surface area contributed by atoms with Gasteiger partial charge in [-0.25, -0.2) is 4.98 Å². The van der Waals surface area contributed by atoms with E-state index in [9.17, 15) is 4.79 Å². The zero-order chi connectivity index (χ0) is 20.9. The van der Waals surface area contributed by atoms with Crippen molar-refractivity contribution in [3.63, 3.8) is 0 Å². The lowest BCUT2D eigenvalue weighted by atomic mass is 10.1. The molecule has 1 aliphatic heterocycles.